The maximum Gasteiger partial charge on any atom is 0.252 e. The van der Waals surface area contributed by atoms with Crippen molar-refractivity contribution in [1.29, 1.82) is 0 Å². The molecule has 10 heteroatoms. The van der Waals surface area contributed by atoms with Crippen LogP contribution in [0.25, 0.3) is 22.3 Å². The van der Waals surface area contributed by atoms with Gasteiger partial charge in [-0.15, -0.1) is 0 Å². The Bertz CT molecular complexity index is 1510. The number of hydrogen-bond donors (Lipinski definition) is 1. The second-order valence-corrected chi connectivity index (χ2v) is 10.9. The molecule has 1 aliphatic heterocycles. The van der Waals surface area contributed by atoms with E-state index in [2.05, 4.69) is 48.4 Å². The largest absolute Gasteiger partial charge is 0.492 e. The number of nitrogens with zero attached hydrogens (tertiary/aromatic N) is 6. The molecule has 220 valence electrons. The molecule has 2 aromatic heterocycles. The first kappa shape index (κ1) is 29.2. The topological polar surface area (TPSA) is 97.6 Å². The summed E-state index contributed by atoms with van der Waals surface area (Å²) in [4.78, 5) is 27.0. The molecule has 0 unspecified atom stereocenters. The lowest BCUT2D eigenvalue weighted by Crippen LogP contribution is -2.37. The zero-order valence-electron chi connectivity index (χ0n) is 25.0. The van der Waals surface area contributed by atoms with Gasteiger partial charge in [0.2, 0.25) is 5.95 Å². The first-order chi connectivity index (χ1) is 20.3. The number of carbonyl (C=O) groups excluding carboxylic acids is 1. The molecule has 5 rings (SSSR count). The summed E-state index contributed by atoms with van der Waals surface area (Å²) < 4.78 is 13.1. The fourth-order valence-corrected chi connectivity index (χ4v) is 4.84. The number of likely N-dealkylation sites (N-methyl/N-ethyl adjacent to an activating group) is 1. The SMILES string of the molecule is Cc1ccc(OCCN(C)C)cc1C(=O)N[C@H](C)c1cc(-c2cnc(N3CCOCC3)nc2)cc(-c2cnn(C)c2)c1. The van der Waals surface area contributed by atoms with E-state index in [4.69, 9.17) is 9.47 Å². The van der Waals surface area contributed by atoms with Crippen LogP contribution in [0.4, 0.5) is 5.95 Å². The molecule has 1 N–H and O–H groups in total. The maximum atomic E-state index is 13.5. The van der Waals surface area contributed by atoms with Gasteiger partial charge in [0.25, 0.3) is 5.91 Å². The van der Waals surface area contributed by atoms with E-state index in [-0.39, 0.29) is 11.9 Å². The number of aromatic nitrogens is 4. The van der Waals surface area contributed by atoms with Crippen LogP contribution in [0, 0.1) is 6.92 Å². The minimum Gasteiger partial charge on any atom is -0.492 e. The lowest BCUT2D eigenvalue weighted by molar-refractivity contribution is 0.0938. The summed E-state index contributed by atoms with van der Waals surface area (Å²) >= 11 is 0. The number of amides is 1. The van der Waals surface area contributed by atoms with E-state index in [0.29, 0.717) is 37.1 Å². The summed E-state index contributed by atoms with van der Waals surface area (Å²) in [6, 6.07) is 11.7. The highest BCUT2D eigenvalue weighted by Gasteiger charge is 2.18. The standard InChI is InChI=1S/C32H39N7O3/c1-22-6-7-29(42-13-8-37(3)4)17-30(22)31(40)36-23(2)24-14-25(16-26(15-24)28-20-35-38(5)21-28)27-18-33-32(34-19-27)39-9-11-41-12-10-39/h6-7,14-21,23H,8-13H2,1-5H3,(H,36,40)/t23-/m1/s1. The van der Waals surface area contributed by atoms with E-state index in [0.717, 1.165) is 53.0 Å². The Hall–Kier alpha value is -4.28. The number of aryl methyl sites for hydroxylation is 2. The van der Waals surface area contributed by atoms with Crippen LogP contribution in [0.3, 0.4) is 0 Å². The lowest BCUT2D eigenvalue weighted by atomic mass is 9.95. The summed E-state index contributed by atoms with van der Waals surface area (Å²) in [7, 11) is 5.90. The third kappa shape index (κ3) is 7.13. The van der Waals surface area contributed by atoms with Crippen molar-refractivity contribution in [2.24, 2.45) is 7.05 Å². The Morgan fingerprint density at radius 3 is 2.40 bits per heavy atom. The molecular formula is C32H39N7O3. The second-order valence-electron chi connectivity index (χ2n) is 10.9. The van der Waals surface area contributed by atoms with Crippen molar-refractivity contribution in [3.63, 3.8) is 0 Å². The minimum absolute atomic E-state index is 0.149. The number of ether oxygens (including phenoxy) is 2. The second kappa shape index (κ2) is 13.1. The van der Waals surface area contributed by atoms with Crippen molar-refractivity contribution in [2.75, 3.05) is 58.5 Å². The highest BCUT2D eigenvalue weighted by molar-refractivity contribution is 5.96. The molecule has 0 spiro atoms. The minimum atomic E-state index is -0.265. The first-order valence-corrected chi connectivity index (χ1v) is 14.2. The van der Waals surface area contributed by atoms with Crippen molar-refractivity contribution < 1.29 is 14.3 Å². The average Bonchev–Trinajstić information content (AvgIpc) is 3.44. The summed E-state index contributed by atoms with van der Waals surface area (Å²) in [5.74, 6) is 1.24. The van der Waals surface area contributed by atoms with Gasteiger partial charge in [0.1, 0.15) is 12.4 Å². The summed E-state index contributed by atoms with van der Waals surface area (Å²) in [5.41, 5.74) is 6.31. The zero-order valence-corrected chi connectivity index (χ0v) is 25.0. The Morgan fingerprint density at radius 2 is 1.74 bits per heavy atom. The smallest absolute Gasteiger partial charge is 0.252 e. The van der Waals surface area contributed by atoms with Crippen molar-refractivity contribution in [3.05, 3.63) is 77.9 Å². The van der Waals surface area contributed by atoms with Crippen LogP contribution in [0.15, 0.2) is 61.2 Å². The normalized spacial score (nSPS) is 14.2. The van der Waals surface area contributed by atoms with Gasteiger partial charge in [-0.05, 0) is 80.5 Å². The van der Waals surface area contributed by atoms with E-state index in [9.17, 15) is 4.79 Å². The zero-order chi connectivity index (χ0) is 29.6. The summed E-state index contributed by atoms with van der Waals surface area (Å²) in [5, 5.41) is 7.56. The van der Waals surface area contributed by atoms with Crippen molar-refractivity contribution >= 4 is 11.9 Å². The van der Waals surface area contributed by atoms with Gasteiger partial charge in [-0.25, -0.2) is 9.97 Å². The van der Waals surface area contributed by atoms with Crippen molar-refractivity contribution in [3.8, 4) is 28.0 Å². The molecule has 0 saturated carbocycles. The van der Waals surface area contributed by atoms with Gasteiger partial charge < -0.3 is 24.6 Å². The first-order valence-electron chi connectivity index (χ1n) is 14.2. The molecule has 1 saturated heterocycles. The fourth-order valence-electron chi connectivity index (χ4n) is 4.84. The van der Waals surface area contributed by atoms with Gasteiger partial charge in [-0.3, -0.25) is 9.48 Å². The molecule has 0 radical (unpaired) electrons. The maximum absolute atomic E-state index is 13.5. The van der Waals surface area contributed by atoms with Crippen molar-refractivity contribution in [2.45, 2.75) is 19.9 Å². The predicted octanol–water partition coefficient (Wildman–Crippen LogP) is 4.12. The van der Waals surface area contributed by atoms with E-state index in [1.54, 1.807) is 4.68 Å². The Balaban J connectivity index is 1.40. The van der Waals surface area contributed by atoms with E-state index in [1.165, 1.54) is 0 Å². The highest BCUT2D eigenvalue weighted by Crippen LogP contribution is 2.31. The van der Waals surface area contributed by atoms with Gasteiger partial charge in [-0.2, -0.15) is 5.10 Å². The molecule has 2 aromatic carbocycles. The molecule has 3 heterocycles. The number of hydrogen-bond acceptors (Lipinski definition) is 8. The monoisotopic (exact) mass is 569 g/mol. The fraction of sp³-hybridized carbons (Fsp3) is 0.375. The molecular weight excluding hydrogens is 530 g/mol. The molecule has 1 amide bonds. The number of carbonyl (C=O) groups is 1. The predicted molar refractivity (Wildman–Crippen MR) is 164 cm³/mol. The van der Waals surface area contributed by atoms with Crippen LogP contribution in [0.2, 0.25) is 0 Å². The third-order valence-corrected chi connectivity index (χ3v) is 7.37. The lowest BCUT2D eigenvalue weighted by Gasteiger charge is -2.26. The molecule has 1 aliphatic rings. The molecule has 0 aliphatic carbocycles. The van der Waals surface area contributed by atoms with Crippen molar-refractivity contribution in [1.82, 2.24) is 30.0 Å². The van der Waals surface area contributed by atoms with Gasteiger partial charge in [-0.1, -0.05) is 6.07 Å². The number of anilines is 1. The van der Waals surface area contributed by atoms with Gasteiger partial charge in [0.05, 0.1) is 25.5 Å². The Morgan fingerprint density at radius 1 is 1.02 bits per heavy atom. The highest BCUT2D eigenvalue weighted by atomic mass is 16.5. The molecule has 10 nitrogen and oxygen atoms in total. The van der Waals surface area contributed by atoms with E-state index in [1.807, 2.05) is 78.0 Å². The van der Waals surface area contributed by atoms with Crippen LogP contribution in [0.1, 0.15) is 34.5 Å². The number of morpholine rings is 1. The van der Waals surface area contributed by atoms with Crippen LogP contribution >= 0.6 is 0 Å². The van der Waals surface area contributed by atoms with Gasteiger partial charge >= 0.3 is 0 Å². The molecule has 1 fully saturated rings. The van der Waals surface area contributed by atoms with E-state index < -0.39 is 0 Å². The quantitative estimate of drug-likeness (QED) is 0.305. The summed E-state index contributed by atoms with van der Waals surface area (Å²) in [6.45, 7) is 8.19. The summed E-state index contributed by atoms with van der Waals surface area (Å²) in [6.07, 6.45) is 7.54. The average molecular weight is 570 g/mol. The molecule has 0 bridgehead atoms. The molecule has 1 atom stereocenters. The third-order valence-electron chi connectivity index (χ3n) is 7.37. The number of benzene rings is 2. The van der Waals surface area contributed by atoms with Gasteiger partial charge in [0.15, 0.2) is 0 Å². The van der Waals surface area contributed by atoms with Crippen LogP contribution in [-0.2, 0) is 11.8 Å². The number of nitrogens with one attached hydrogen (secondary N) is 1. The Kier molecular flexibility index (Phi) is 9.14. The van der Waals surface area contributed by atoms with E-state index >= 15 is 0 Å². The van der Waals surface area contributed by atoms with Crippen LogP contribution in [-0.4, -0.2) is 84.1 Å². The van der Waals surface area contributed by atoms with Crippen LogP contribution in [0.5, 0.6) is 5.75 Å². The van der Waals surface area contributed by atoms with Crippen LogP contribution < -0.4 is 15.0 Å². The molecule has 4 aromatic rings. The number of rotatable bonds is 10. The Labute approximate surface area is 247 Å². The molecule has 42 heavy (non-hydrogen) atoms. The van der Waals surface area contributed by atoms with Gasteiger partial charge in [0, 0.05) is 62.0 Å².